The predicted octanol–water partition coefficient (Wildman–Crippen LogP) is 4.75. The first kappa shape index (κ1) is 13.1. The number of rotatable bonds is 4. The van der Waals surface area contributed by atoms with E-state index in [0.29, 0.717) is 5.33 Å². The molecule has 20 heavy (non-hydrogen) atoms. The summed E-state index contributed by atoms with van der Waals surface area (Å²) in [5.74, 6) is 0.950. The van der Waals surface area contributed by atoms with Gasteiger partial charge in [-0.15, -0.1) is 0 Å². The van der Waals surface area contributed by atoms with Gasteiger partial charge in [-0.25, -0.2) is 0 Å². The molecule has 2 aromatic carbocycles. The van der Waals surface area contributed by atoms with Crippen molar-refractivity contribution >= 4 is 15.9 Å². The molecule has 0 radical (unpaired) electrons. The molecule has 1 aromatic heterocycles. The number of nitrogens with zero attached hydrogens (tertiary/aromatic N) is 1. The summed E-state index contributed by atoms with van der Waals surface area (Å²) in [5, 5.41) is 4.91. The van der Waals surface area contributed by atoms with E-state index >= 15 is 0 Å². The highest BCUT2D eigenvalue weighted by Gasteiger charge is 2.20. The zero-order chi connectivity index (χ0) is 13.8. The number of halogens is 1. The Kier molecular flexibility index (Phi) is 3.97. The normalized spacial score (nSPS) is 10.9. The molecule has 100 valence electrons. The Labute approximate surface area is 126 Å². The van der Waals surface area contributed by atoms with Crippen molar-refractivity contribution in [1.29, 1.82) is 0 Å². The first-order chi connectivity index (χ1) is 9.88. The second-order valence-electron chi connectivity index (χ2n) is 4.61. The summed E-state index contributed by atoms with van der Waals surface area (Å²) < 4.78 is 5.34. The van der Waals surface area contributed by atoms with Crippen LogP contribution < -0.4 is 0 Å². The van der Waals surface area contributed by atoms with Gasteiger partial charge in [-0.3, -0.25) is 0 Å². The maximum atomic E-state index is 5.34. The third kappa shape index (κ3) is 2.68. The molecule has 2 nitrogen and oxygen atoms in total. The predicted molar refractivity (Wildman–Crippen MR) is 83.0 cm³/mol. The summed E-state index contributed by atoms with van der Waals surface area (Å²) in [5.41, 5.74) is 3.37. The fourth-order valence-corrected chi connectivity index (χ4v) is 2.62. The lowest BCUT2D eigenvalue weighted by atomic mass is 9.88. The molecule has 0 spiro atoms. The van der Waals surface area contributed by atoms with Gasteiger partial charge in [0.25, 0.3) is 0 Å². The first-order valence-corrected chi connectivity index (χ1v) is 7.62. The molecule has 1 heterocycles. The molecule has 0 aliphatic heterocycles. The molecule has 0 saturated carbocycles. The lowest BCUT2D eigenvalue weighted by Gasteiger charge is -2.15. The first-order valence-electron chi connectivity index (χ1n) is 6.50. The minimum absolute atomic E-state index is 0.106. The summed E-state index contributed by atoms with van der Waals surface area (Å²) in [7, 11) is 0. The van der Waals surface area contributed by atoms with Crippen LogP contribution >= 0.6 is 15.9 Å². The van der Waals surface area contributed by atoms with E-state index in [9.17, 15) is 0 Å². The van der Waals surface area contributed by atoms with Crippen LogP contribution in [-0.4, -0.2) is 5.16 Å². The number of alkyl halides is 1. The second kappa shape index (κ2) is 6.06. The molecular weight excluding hydrogens is 314 g/mol. The summed E-state index contributed by atoms with van der Waals surface area (Å²) in [4.78, 5) is 0. The topological polar surface area (TPSA) is 26.0 Å². The molecular formula is C17H14BrNO. The van der Waals surface area contributed by atoms with Gasteiger partial charge in [0.05, 0.1) is 16.9 Å². The Morgan fingerprint density at radius 2 is 1.45 bits per heavy atom. The van der Waals surface area contributed by atoms with E-state index in [-0.39, 0.29) is 5.92 Å². The second-order valence-corrected chi connectivity index (χ2v) is 5.17. The summed E-state index contributed by atoms with van der Waals surface area (Å²) in [6.07, 6.45) is 0. The van der Waals surface area contributed by atoms with Crippen LogP contribution in [0.1, 0.15) is 28.5 Å². The van der Waals surface area contributed by atoms with Crippen molar-refractivity contribution in [3.05, 3.63) is 89.3 Å². The minimum atomic E-state index is 0.106. The van der Waals surface area contributed by atoms with Gasteiger partial charge in [-0.05, 0) is 11.1 Å². The SMILES string of the molecule is BrCc1cc(C(c2ccccc2)c2ccccc2)no1. The van der Waals surface area contributed by atoms with Crippen LogP contribution in [0, 0.1) is 0 Å². The molecule has 0 saturated heterocycles. The average Bonchev–Trinajstić information content (AvgIpc) is 2.98. The van der Waals surface area contributed by atoms with Gasteiger partial charge >= 0.3 is 0 Å². The third-order valence-electron chi connectivity index (χ3n) is 3.27. The Morgan fingerprint density at radius 3 is 1.90 bits per heavy atom. The van der Waals surface area contributed by atoms with Gasteiger partial charge in [0.15, 0.2) is 0 Å². The van der Waals surface area contributed by atoms with Crippen molar-refractivity contribution in [3.8, 4) is 0 Å². The van der Waals surface area contributed by atoms with Crippen LogP contribution in [0.15, 0.2) is 71.3 Å². The van der Waals surface area contributed by atoms with Gasteiger partial charge in [0, 0.05) is 6.07 Å². The van der Waals surface area contributed by atoms with Crippen LogP contribution in [-0.2, 0) is 5.33 Å². The molecule has 0 unspecified atom stereocenters. The Balaban J connectivity index is 2.09. The Bertz CT molecular complexity index is 624. The van der Waals surface area contributed by atoms with Crippen molar-refractivity contribution in [2.45, 2.75) is 11.2 Å². The number of hydrogen-bond acceptors (Lipinski definition) is 2. The highest BCUT2D eigenvalue weighted by molar-refractivity contribution is 9.08. The number of hydrogen-bond donors (Lipinski definition) is 0. The molecule has 3 heteroatoms. The van der Waals surface area contributed by atoms with Crippen molar-refractivity contribution in [3.63, 3.8) is 0 Å². The third-order valence-corrected chi connectivity index (χ3v) is 3.82. The average molecular weight is 328 g/mol. The number of benzene rings is 2. The maximum absolute atomic E-state index is 5.34. The van der Waals surface area contributed by atoms with Crippen LogP contribution in [0.2, 0.25) is 0 Å². The molecule has 0 aliphatic carbocycles. The van der Waals surface area contributed by atoms with E-state index in [1.165, 1.54) is 11.1 Å². The highest BCUT2D eigenvalue weighted by atomic mass is 79.9. The molecule has 0 atom stereocenters. The van der Waals surface area contributed by atoms with Crippen LogP contribution in [0.4, 0.5) is 0 Å². The van der Waals surface area contributed by atoms with E-state index < -0.39 is 0 Å². The molecule has 0 aliphatic rings. The van der Waals surface area contributed by atoms with Gasteiger partial charge < -0.3 is 4.52 Å². The quantitative estimate of drug-likeness (QED) is 0.646. The lowest BCUT2D eigenvalue weighted by molar-refractivity contribution is 0.388. The molecule has 0 fully saturated rings. The van der Waals surface area contributed by atoms with Crippen molar-refractivity contribution in [1.82, 2.24) is 5.16 Å². The molecule has 3 aromatic rings. The van der Waals surface area contributed by atoms with E-state index in [0.717, 1.165) is 11.5 Å². The van der Waals surface area contributed by atoms with Gasteiger partial charge in [-0.1, -0.05) is 81.8 Å². The fraction of sp³-hybridized carbons (Fsp3) is 0.118. The fourth-order valence-electron chi connectivity index (χ4n) is 2.35. The Morgan fingerprint density at radius 1 is 0.900 bits per heavy atom. The maximum Gasteiger partial charge on any atom is 0.147 e. The van der Waals surface area contributed by atoms with Crippen LogP contribution in [0.3, 0.4) is 0 Å². The highest BCUT2D eigenvalue weighted by Crippen LogP contribution is 2.31. The monoisotopic (exact) mass is 327 g/mol. The smallest absolute Gasteiger partial charge is 0.147 e. The standard InChI is InChI=1S/C17H14BrNO/c18-12-15-11-16(19-20-15)17(13-7-3-1-4-8-13)14-9-5-2-6-10-14/h1-11,17H,12H2. The van der Waals surface area contributed by atoms with E-state index in [1.807, 2.05) is 18.2 Å². The lowest BCUT2D eigenvalue weighted by Crippen LogP contribution is -2.03. The van der Waals surface area contributed by atoms with Crippen molar-refractivity contribution < 1.29 is 4.52 Å². The summed E-state index contributed by atoms with van der Waals surface area (Å²) in [6, 6.07) is 22.8. The van der Waals surface area contributed by atoms with Crippen molar-refractivity contribution in [2.24, 2.45) is 0 Å². The van der Waals surface area contributed by atoms with E-state index in [4.69, 9.17) is 4.52 Å². The molecule has 3 rings (SSSR count). The van der Waals surface area contributed by atoms with Crippen LogP contribution in [0.25, 0.3) is 0 Å². The van der Waals surface area contributed by atoms with Gasteiger partial charge in [0.1, 0.15) is 5.76 Å². The van der Waals surface area contributed by atoms with Crippen LogP contribution in [0.5, 0.6) is 0 Å². The van der Waals surface area contributed by atoms with Gasteiger partial charge in [-0.2, -0.15) is 0 Å². The zero-order valence-corrected chi connectivity index (χ0v) is 12.5. The summed E-state index contributed by atoms with van der Waals surface area (Å²) in [6.45, 7) is 0. The molecule has 0 bridgehead atoms. The molecule has 0 amide bonds. The van der Waals surface area contributed by atoms with Crippen molar-refractivity contribution in [2.75, 3.05) is 0 Å². The van der Waals surface area contributed by atoms with E-state index in [2.05, 4.69) is 69.6 Å². The zero-order valence-electron chi connectivity index (χ0n) is 10.9. The minimum Gasteiger partial charge on any atom is -0.360 e. The largest absolute Gasteiger partial charge is 0.360 e. The van der Waals surface area contributed by atoms with E-state index in [1.54, 1.807) is 0 Å². The summed E-state index contributed by atoms with van der Waals surface area (Å²) >= 11 is 3.40. The molecule has 0 N–H and O–H groups in total. The van der Waals surface area contributed by atoms with Gasteiger partial charge in [0.2, 0.25) is 0 Å². The number of aromatic nitrogens is 1. The Hall–Kier alpha value is -1.87.